The van der Waals surface area contributed by atoms with Crippen molar-refractivity contribution in [2.75, 3.05) is 19.8 Å². The van der Waals surface area contributed by atoms with Crippen LogP contribution in [0.4, 0.5) is 0 Å². The van der Waals surface area contributed by atoms with Gasteiger partial charge in [-0.05, 0) is 30.5 Å². The van der Waals surface area contributed by atoms with E-state index >= 15 is 0 Å². The highest BCUT2D eigenvalue weighted by Crippen LogP contribution is 2.42. The second-order valence-electron chi connectivity index (χ2n) is 6.27. The van der Waals surface area contributed by atoms with Gasteiger partial charge >= 0.3 is 0 Å². The summed E-state index contributed by atoms with van der Waals surface area (Å²) >= 11 is 0. The summed E-state index contributed by atoms with van der Waals surface area (Å²) in [5.74, 6) is 1.41. The van der Waals surface area contributed by atoms with Gasteiger partial charge in [-0.1, -0.05) is 25.8 Å². The van der Waals surface area contributed by atoms with Gasteiger partial charge in [0, 0.05) is 12.5 Å². The van der Waals surface area contributed by atoms with Crippen LogP contribution >= 0.6 is 0 Å². The summed E-state index contributed by atoms with van der Waals surface area (Å²) in [6, 6.07) is 6.02. The molecule has 0 aromatic heterocycles. The molecule has 1 aromatic rings. The topological polar surface area (TPSA) is 73.6 Å². The SMILES string of the molecule is CC(CN)C(=O)NC1(c2ccc3c(c2)OCCO3)CCCC1. The van der Waals surface area contributed by atoms with Crippen molar-refractivity contribution < 1.29 is 14.3 Å². The fourth-order valence-corrected chi connectivity index (χ4v) is 3.27. The van der Waals surface area contributed by atoms with Crippen LogP contribution in [0.25, 0.3) is 0 Å². The highest BCUT2D eigenvalue weighted by atomic mass is 16.6. The maximum atomic E-state index is 12.4. The van der Waals surface area contributed by atoms with Crippen LogP contribution in [0.1, 0.15) is 38.2 Å². The molecule has 1 amide bonds. The summed E-state index contributed by atoms with van der Waals surface area (Å²) in [7, 11) is 0. The fourth-order valence-electron chi connectivity index (χ4n) is 3.27. The Hall–Kier alpha value is -1.75. The normalized spacial score (nSPS) is 20.5. The fraction of sp³-hybridized carbons (Fsp3) is 0.588. The van der Waals surface area contributed by atoms with Gasteiger partial charge in [-0.25, -0.2) is 0 Å². The Morgan fingerprint density at radius 3 is 2.64 bits per heavy atom. The molecular formula is C17H24N2O3. The lowest BCUT2D eigenvalue weighted by molar-refractivity contribution is -0.126. The highest BCUT2D eigenvalue weighted by Gasteiger charge is 2.38. The van der Waals surface area contributed by atoms with Gasteiger partial charge in [-0.2, -0.15) is 0 Å². The van der Waals surface area contributed by atoms with Gasteiger partial charge in [0.25, 0.3) is 0 Å². The van der Waals surface area contributed by atoms with E-state index in [1.54, 1.807) is 0 Å². The summed E-state index contributed by atoms with van der Waals surface area (Å²) in [4.78, 5) is 12.4. The smallest absolute Gasteiger partial charge is 0.224 e. The van der Waals surface area contributed by atoms with E-state index in [-0.39, 0.29) is 17.4 Å². The number of fused-ring (bicyclic) bond motifs is 1. The zero-order valence-electron chi connectivity index (χ0n) is 13.1. The van der Waals surface area contributed by atoms with Crippen molar-refractivity contribution in [2.24, 2.45) is 11.7 Å². The van der Waals surface area contributed by atoms with Crippen LogP contribution in [0.2, 0.25) is 0 Å². The number of carbonyl (C=O) groups is 1. The minimum absolute atomic E-state index is 0.0271. The summed E-state index contributed by atoms with van der Waals surface area (Å²) in [5.41, 5.74) is 6.43. The van der Waals surface area contributed by atoms with Crippen molar-refractivity contribution in [3.8, 4) is 11.5 Å². The molecule has 120 valence electrons. The summed E-state index contributed by atoms with van der Waals surface area (Å²) in [5, 5.41) is 3.25. The van der Waals surface area contributed by atoms with Crippen molar-refractivity contribution in [3.63, 3.8) is 0 Å². The van der Waals surface area contributed by atoms with E-state index in [0.29, 0.717) is 19.8 Å². The maximum absolute atomic E-state index is 12.4. The molecule has 0 bridgehead atoms. The van der Waals surface area contributed by atoms with E-state index in [4.69, 9.17) is 15.2 Å². The molecule has 1 aromatic carbocycles. The van der Waals surface area contributed by atoms with Crippen LogP contribution in [-0.2, 0) is 10.3 Å². The molecule has 5 heteroatoms. The molecule has 2 aliphatic rings. The first-order chi connectivity index (χ1) is 10.6. The van der Waals surface area contributed by atoms with Crippen molar-refractivity contribution in [1.82, 2.24) is 5.32 Å². The average Bonchev–Trinajstić information content (AvgIpc) is 3.03. The third-order valence-electron chi connectivity index (χ3n) is 4.72. The lowest BCUT2D eigenvalue weighted by Gasteiger charge is -2.33. The van der Waals surface area contributed by atoms with Gasteiger partial charge in [0.05, 0.1) is 5.54 Å². The van der Waals surface area contributed by atoms with E-state index in [1.807, 2.05) is 25.1 Å². The molecule has 22 heavy (non-hydrogen) atoms. The first kappa shape index (κ1) is 15.2. The first-order valence-corrected chi connectivity index (χ1v) is 8.07. The Labute approximate surface area is 131 Å². The summed E-state index contributed by atoms with van der Waals surface area (Å²) in [6.45, 7) is 3.38. The standard InChI is InChI=1S/C17H24N2O3/c1-12(11-18)16(20)19-17(6-2-3-7-17)13-4-5-14-15(10-13)22-9-8-21-14/h4-5,10,12H,2-3,6-9,11,18H2,1H3,(H,19,20). The zero-order valence-corrected chi connectivity index (χ0v) is 13.1. The minimum Gasteiger partial charge on any atom is -0.486 e. The van der Waals surface area contributed by atoms with Gasteiger partial charge in [0.1, 0.15) is 13.2 Å². The van der Waals surface area contributed by atoms with E-state index in [1.165, 1.54) is 0 Å². The molecule has 0 spiro atoms. The lowest BCUT2D eigenvalue weighted by atomic mass is 9.87. The Morgan fingerprint density at radius 1 is 1.27 bits per heavy atom. The first-order valence-electron chi connectivity index (χ1n) is 8.07. The molecule has 5 nitrogen and oxygen atoms in total. The Bertz CT molecular complexity index is 553. The largest absolute Gasteiger partial charge is 0.486 e. The molecule has 0 saturated heterocycles. The molecule has 3 N–H and O–H groups in total. The van der Waals surface area contributed by atoms with Gasteiger partial charge in [-0.3, -0.25) is 4.79 Å². The van der Waals surface area contributed by atoms with E-state index in [0.717, 1.165) is 42.7 Å². The predicted octanol–water partition coefficient (Wildman–Crippen LogP) is 1.94. The molecule has 3 rings (SSSR count). The summed E-state index contributed by atoms with van der Waals surface area (Å²) < 4.78 is 11.3. The molecule has 0 radical (unpaired) electrons. The number of benzene rings is 1. The quantitative estimate of drug-likeness (QED) is 0.891. The van der Waals surface area contributed by atoms with Crippen LogP contribution < -0.4 is 20.5 Å². The van der Waals surface area contributed by atoms with Crippen molar-refractivity contribution in [2.45, 2.75) is 38.1 Å². The number of rotatable bonds is 4. The maximum Gasteiger partial charge on any atom is 0.224 e. The molecule has 1 heterocycles. The number of nitrogens with two attached hydrogens (primary N) is 1. The van der Waals surface area contributed by atoms with Crippen molar-refractivity contribution in [1.29, 1.82) is 0 Å². The predicted molar refractivity (Wildman–Crippen MR) is 83.9 cm³/mol. The molecule has 1 fully saturated rings. The molecule has 1 unspecified atom stereocenters. The average molecular weight is 304 g/mol. The zero-order chi connectivity index (χ0) is 15.6. The second-order valence-corrected chi connectivity index (χ2v) is 6.27. The van der Waals surface area contributed by atoms with Gasteiger partial charge in [0.15, 0.2) is 11.5 Å². The van der Waals surface area contributed by atoms with Gasteiger partial charge < -0.3 is 20.5 Å². The monoisotopic (exact) mass is 304 g/mol. The van der Waals surface area contributed by atoms with E-state index in [2.05, 4.69) is 5.32 Å². The Morgan fingerprint density at radius 2 is 1.95 bits per heavy atom. The third kappa shape index (κ3) is 2.77. The van der Waals surface area contributed by atoms with Gasteiger partial charge in [-0.15, -0.1) is 0 Å². The minimum atomic E-state index is -0.295. The third-order valence-corrected chi connectivity index (χ3v) is 4.72. The van der Waals surface area contributed by atoms with Crippen molar-refractivity contribution >= 4 is 5.91 Å². The van der Waals surface area contributed by atoms with Crippen LogP contribution in [0.15, 0.2) is 18.2 Å². The van der Waals surface area contributed by atoms with E-state index < -0.39 is 0 Å². The molecule has 1 aliphatic heterocycles. The van der Waals surface area contributed by atoms with Crippen LogP contribution in [0.5, 0.6) is 11.5 Å². The number of ether oxygens (including phenoxy) is 2. The Kier molecular flexibility index (Phi) is 4.25. The number of hydrogen-bond acceptors (Lipinski definition) is 4. The molecular weight excluding hydrogens is 280 g/mol. The summed E-state index contributed by atoms with van der Waals surface area (Å²) in [6.07, 6.45) is 4.14. The van der Waals surface area contributed by atoms with Crippen LogP contribution in [0, 0.1) is 5.92 Å². The molecule has 1 aliphatic carbocycles. The van der Waals surface area contributed by atoms with Crippen molar-refractivity contribution in [3.05, 3.63) is 23.8 Å². The second kappa shape index (κ2) is 6.16. The van der Waals surface area contributed by atoms with E-state index in [9.17, 15) is 4.79 Å². The van der Waals surface area contributed by atoms with Gasteiger partial charge in [0.2, 0.25) is 5.91 Å². The molecule has 1 atom stereocenters. The molecule has 1 saturated carbocycles. The highest BCUT2D eigenvalue weighted by molar-refractivity contribution is 5.79. The van der Waals surface area contributed by atoms with Crippen LogP contribution in [-0.4, -0.2) is 25.7 Å². The number of carbonyl (C=O) groups excluding carboxylic acids is 1. The van der Waals surface area contributed by atoms with Crippen LogP contribution in [0.3, 0.4) is 0 Å². The number of amides is 1. The number of nitrogens with one attached hydrogen (secondary N) is 1. The lowest BCUT2D eigenvalue weighted by Crippen LogP contribution is -2.47. The number of hydrogen-bond donors (Lipinski definition) is 2. The Balaban J connectivity index is 1.89.